The molecule has 2 aromatic heterocycles. The number of hydrogen-bond acceptors (Lipinski definition) is 6. The van der Waals surface area contributed by atoms with Crippen molar-refractivity contribution in [3.05, 3.63) is 53.7 Å². The number of aromatic nitrogens is 3. The topological polar surface area (TPSA) is 79.4 Å². The maximum atomic E-state index is 12.1. The lowest BCUT2D eigenvalue weighted by Gasteiger charge is -2.19. The monoisotopic (exact) mass is 481 g/mol. The summed E-state index contributed by atoms with van der Waals surface area (Å²) in [5.41, 5.74) is 2.03. The second-order valence-corrected chi connectivity index (χ2v) is 9.73. The molecule has 2 heterocycles. The van der Waals surface area contributed by atoms with E-state index in [0.29, 0.717) is 29.0 Å². The van der Waals surface area contributed by atoms with Gasteiger partial charge >= 0.3 is 5.97 Å². The number of nitrogens with zero attached hydrogens (tertiary/aromatic N) is 3. The maximum Gasteiger partial charge on any atom is 0.308 e. The fourth-order valence-corrected chi connectivity index (χ4v) is 3.87. The first-order valence-electron chi connectivity index (χ1n) is 11.2. The minimum Gasteiger partial charge on any atom is -0.489 e. The van der Waals surface area contributed by atoms with E-state index in [1.165, 1.54) is 0 Å². The van der Waals surface area contributed by atoms with Crippen LogP contribution in [0.4, 0.5) is 0 Å². The number of carbonyl (C=O) groups excluding carboxylic acids is 1. The molecule has 0 unspecified atom stereocenters. The Kier molecular flexibility index (Phi) is 6.66. The van der Waals surface area contributed by atoms with Crippen LogP contribution in [0.5, 0.6) is 5.75 Å². The van der Waals surface area contributed by atoms with Crippen molar-refractivity contribution in [1.29, 1.82) is 0 Å². The highest BCUT2D eigenvalue weighted by Crippen LogP contribution is 2.33. The average molecular weight is 482 g/mol. The third-order valence-corrected chi connectivity index (χ3v) is 5.30. The molecule has 0 saturated heterocycles. The summed E-state index contributed by atoms with van der Waals surface area (Å²) in [6.07, 6.45) is 2.26. The minimum absolute atomic E-state index is 0.0251. The van der Waals surface area contributed by atoms with Gasteiger partial charge in [-0.15, -0.1) is 0 Å². The zero-order chi connectivity index (χ0) is 24.5. The van der Waals surface area contributed by atoms with Gasteiger partial charge in [0.1, 0.15) is 11.4 Å². The molecule has 8 heteroatoms. The maximum absolute atomic E-state index is 12.1. The molecule has 0 amide bonds. The molecule has 2 aromatic carbocycles. The molecule has 178 valence electrons. The van der Waals surface area contributed by atoms with Crippen molar-refractivity contribution in [2.75, 3.05) is 0 Å². The average Bonchev–Trinajstić information content (AvgIpc) is 3.39. The van der Waals surface area contributed by atoms with Crippen LogP contribution in [0.3, 0.4) is 0 Å². The van der Waals surface area contributed by atoms with Crippen molar-refractivity contribution in [3.63, 3.8) is 0 Å². The lowest BCUT2D eigenvalue weighted by Crippen LogP contribution is -2.24. The molecule has 0 radical (unpaired) electrons. The van der Waals surface area contributed by atoms with Crippen LogP contribution in [0.25, 0.3) is 33.7 Å². The molecule has 0 fully saturated rings. The summed E-state index contributed by atoms with van der Waals surface area (Å²) in [7, 11) is 0. The molecule has 7 nitrogen and oxygen atoms in total. The van der Waals surface area contributed by atoms with Gasteiger partial charge in [-0.1, -0.05) is 22.8 Å². The Balaban J connectivity index is 1.56. The van der Waals surface area contributed by atoms with Gasteiger partial charge in [0.25, 0.3) is 5.89 Å². The van der Waals surface area contributed by atoms with Crippen molar-refractivity contribution < 1.29 is 18.8 Å². The largest absolute Gasteiger partial charge is 0.489 e. The van der Waals surface area contributed by atoms with E-state index in [9.17, 15) is 4.79 Å². The van der Waals surface area contributed by atoms with Gasteiger partial charge in [-0.3, -0.25) is 4.79 Å². The van der Waals surface area contributed by atoms with E-state index in [1.807, 2.05) is 75.7 Å². The zero-order valence-corrected chi connectivity index (χ0v) is 20.7. The number of halogens is 1. The van der Waals surface area contributed by atoms with Crippen LogP contribution in [0.2, 0.25) is 5.02 Å². The van der Waals surface area contributed by atoms with E-state index >= 15 is 0 Å². The molecular formula is C26H28ClN3O4. The smallest absolute Gasteiger partial charge is 0.308 e. The van der Waals surface area contributed by atoms with E-state index in [2.05, 4.69) is 10.1 Å². The Bertz CT molecular complexity index is 1320. The first-order valence-corrected chi connectivity index (χ1v) is 11.6. The second kappa shape index (κ2) is 9.50. The molecule has 0 saturated carbocycles. The molecule has 4 aromatic rings. The van der Waals surface area contributed by atoms with Gasteiger partial charge < -0.3 is 18.6 Å². The van der Waals surface area contributed by atoms with Gasteiger partial charge in [0.2, 0.25) is 5.82 Å². The van der Waals surface area contributed by atoms with Gasteiger partial charge in [0, 0.05) is 34.8 Å². The van der Waals surface area contributed by atoms with Crippen molar-refractivity contribution in [2.24, 2.45) is 0 Å². The van der Waals surface area contributed by atoms with Crippen LogP contribution < -0.4 is 4.74 Å². The van der Waals surface area contributed by atoms with Crippen LogP contribution in [0.1, 0.15) is 41.0 Å². The van der Waals surface area contributed by atoms with Crippen LogP contribution in [-0.4, -0.2) is 32.4 Å². The van der Waals surface area contributed by atoms with E-state index in [-0.39, 0.29) is 18.5 Å². The molecule has 0 spiro atoms. The number of benzene rings is 2. The molecule has 0 N–H and O–H groups in total. The van der Waals surface area contributed by atoms with Crippen molar-refractivity contribution >= 4 is 28.5 Å². The van der Waals surface area contributed by atoms with Gasteiger partial charge in [-0.05, 0) is 71.0 Å². The third-order valence-electron chi connectivity index (χ3n) is 5.00. The lowest BCUT2D eigenvalue weighted by atomic mass is 10.1. The summed E-state index contributed by atoms with van der Waals surface area (Å²) in [6, 6.07) is 13.3. The van der Waals surface area contributed by atoms with E-state index in [4.69, 9.17) is 25.6 Å². The summed E-state index contributed by atoms with van der Waals surface area (Å²) >= 11 is 6.37. The Morgan fingerprint density at radius 2 is 1.97 bits per heavy atom. The summed E-state index contributed by atoms with van der Waals surface area (Å²) in [6.45, 7) is 10.00. The molecular weight excluding hydrogens is 454 g/mol. The number of fused-ring (bicyclic) bond motifs is 1. The molecule has 0 aliphatic carbocycles. The van der Waals surface area contributed by atoms with Crippen molar-refractivity contribution in [1.82, 2.24) is 14.7 Å². The number of esters is 1. The number of carbonyl (C=O) groups is 1. The van der Waals surface area contributed by atoms with E-state index in [1.54, 1.807) is 12.1 Å². The lowest BCUT2D eigenvalue weighted by molar-refractivity contribution is -0.155. The Morgan fingerprint density at radius 3 is 2.68 bits per heavy atom. The molecule has 0 bridgehead atoms. The first-order chi connectivity index (χ1) is 16.1. The number of hydrogen-bond donors (Lipinski definition) is 0. The highest BCUT2D eigenvalue weighted by molar-refractivity contribution is 6.32. The molecule has 0 aliphatic heterocycles. The third kappa shape index (κ3) is 5.42. The number of rotatable bonds is 7. The number of aryl methyl sites for hydroxylation is 1. The zero-order valence-electron chi connectivity index (χ0n) is 20.0. The predicted molar refractivity (Wildman–Crippen MR) is 132 cm³/mol. The standard InChI is InChI=1S/C26H28ClN3O4/c1-16(2)32-22-10-9-17(15-20(22)27)24-28-25(34-29-24)19-7-6-8-21-18(19)11-13-30(21)14-12-23(31)33-26(3,4)5/h6-11,13,15-16H,12,14H2,1-5H3. The second-order valence-electron chi connectivity index (χ2n) is 9.32. The van der Waals surface area contributed by atoms with Crippen molar-refractivity contribution in [3.8, 4) is 28.6 Å². The molecule has 0 atom stereocenters. The summed E-state index contributed by atoms with van der Waals surface area (Å²) in [5.74, 6) is 1.23. The Morgan fingerprint density at radius 1 is 1.18 bits per heavy atom. The SMILES string of the molecule is CC(C)Oc1ccc(-c2noc(-c3cccc4c3ccn4CCC(=O)OC(C)(C)C)n2)cc1Cl. The van der Waals surface area contributed by atoms with Crippen LogP contribution in [-0.2, 0) is 16.1 Å². The van der Waals surface area contributed by atoms with Gasteiger partial charge in [-0.25, -0.2) is 0 Å². The van der Waals surface area contributed by atoms with Crippen molar-refractivity contribution in [2.45, 2.75) is 59.3 Å². The Labute approximate surface area is 203 Å². The Hall–Kier alpha value is -3.32. The summed E-state index contributed by atoms with van der Waals surface area (Å²) in [5, 5.41) is 5.59. The predicted octanol–water partition coefficient (Wildman–Crippen LogP) is 6.53. The van der Waals surface area contributed by atoms with Gasteiger partial charge in [0.05, 0.1) is 17.5 Å². The quantitative estimate of drug-likeness (QED) is 0.279. The fourth-order valence-electron chi connectivity index (χ4n) is 3.65. The molecule has 4 rings (SSSR count). The van der Waals surface area contributed by atoms with Crippen LogP contribution in [0.15, 0.2) is 53.2 Å². The highest BCUT2D eigenvalue weighted by atomic mass is 35.5. The van der Waals surface area contributed by atoms with Gasteiger partial charge in [0.15, 0.2) is 0 Å². The summed E-state index contributed by atoms with van der Waals surface area (Å²) < 4.78 is 18.7. The van der Waals surface area contributed by atoms with E-state index < -0.39 is 5.60 Å². The van der Waals surface area contributed by atoms with Crippen LogP contribution >= 0.6 is 11.6 Å². The number of ether oxygens (including phenoxy) is 2. The highest BCUT2D eigenvalue weighted by Gasteiger charge is 2.18. The normalized spacial score (nSPS) is 11.9. The fraction of sp³-hybridized carbons (Fsp3) is 0.346. The van der Waals surface area contributed by atoms with E-state index in [0.717, 1.165) is 22.0 Å². The molecule has 0 aliphatic rings. The first kappa shape index (κ1) is 23.8. The molecule has 34 heavy (non-hydrogen) atoms. The van der Waals surface area contributed by atoms with Crippen LogP contribution in [0, 0.1) is 0 Å². The summed E-state index contributed by atoms with van der Waals surface area (Å²) in [4.78, 5) is 16.7. The van der Waals surface area contributed by atoms with Gasteiger partial charge in [-0.2, -0.15) is 4.98 Å². The minimum atomic E-state index is -0.495.